The molecule has 76 valence electrons. The molecule has 0 aliphatic carbocycles. The molecule has 0 saturated heterocycles. The van der Waals surface area contributed by atoms with Gasteiger partial charge in [0, 0.05) is 0 Å². The number of aliphatic hydroxyl groups excluding tert-OH is 1. The number of rotatable bonds is 1. The van der Waals surface area contributed by atoms with E-state index in [1.54, 1.807) is 0 Å². The largest absolute Gasteiger partial charge is 0.549 e. The standard InChI is InChI=1S/C2H3F3O2.F2HO2P/c3-1(6)2(4,5)7;1-5(2,3)4/h1,6-7H;(H,3,4). The van der Waals surface area contributed by atoms with E-state index in [1.165, 1.54) is 0 Å². The Morgan fingerprint density at radius 2 is 1.42 bits per heavy atom. The fourth-order valence-corrected chi connectivity index (χ4v) is 0. The SMILES string of the molecule is O=P(O)(F)F.OC(F)C(O)(F)F. The molecule has 0 amide bonds. The maximum absolute atomic E-state index is 10.8. The highest BCUT2D eigenvalue weighted by Crippen LogP contribution is 2.43. The van der Waals surface area contributed by atoms with Gasteiger partial charge in [-0.05, 0) is 0 Å². The summed E-state index contributed by atoms with van der Waals surface area (Å²) in [7, 11) is -5.64. The van der Waals surface area contributed by atoms with Gasteiger partial charge in [0.05, 0.1) is 0 Å². The molecule has 0 spiro atoms. The highest BCUT2D eigenvalue weighted by Gasteiger charge is 2.35. The van der Waals surface area contributed by atoms with Crippen molar-refractivity contribution in [3.05, 3.63) is 0 Å². The third-order valence-electron chi connectivity index (χ3n) is 0.287. The lowest BCUT2D eigenvalue weighted by Gasteiger charge is -2.05. The number of aliphatic hydroxyl groups is 2. The molecule has 4 nitrogen and oxygen atoms in total. The Hall–Kier alpha value is -0.240. The second-order valence-electron chi connectivity index (χ2n) is 1.36. The molecule has 0 rings (SSSR count). The maximum Gasteiger partial charge on any atom is 0.549 e. The minimum Gasteiger partial charge on any atom is -0.357 e. The highest BCUT2D eigenvalue weighted by atomic mass is 31.2. The predicted molar refractivity (Wildman–Crippen MR) is 26.3 cm³/mol. The van der Waals surface area contributed by atoms with E-state index in [1.807, 2.05) is 0 Å². The van der Waals surface area contributed by atoms with Crippen molar-refractivity contribution in [2.45, 2.75) is 12.5 Å². The third kappa shape index (κ3) is 22.6. The summed E-state index contributed by atoms with van der Waals surface area (Å²) in [6.07, 6.45) is -8.09. The van der Waals surface area contributed by atoms with Crippen LogP contribution >= 0.6 is 7.99 Å². The van der Waals surface area contributed by atoms with E-state index in [0.717, 1.165) is 0 Å². The van der Waals surface area contributed by atoms with E-state index in [4.69, 9.17) is 19.7 Å². The van der Waals surface area contributed by atoms with Crippen LogP contribution in [0.25, 0.3) is 0 Å². The summed E-state index contributed by atoms with van der Waals surface area (Å²) in [5.74, 6) is 0. The van der Waals surface area contributed by atoms with Gasteiger partial charge in [-0.15, -0.1) is 8.39 Å². The minimum absolute atomic E-state index is 3.48. The molecule has 0 aliphatic rings. The lowest BCUT2D eigenvalue weighted by Crippen LogP contribution is -2.28. The number of alkyl halides is 3. The van der Waals surface area contributed by atoms with Gasteiger partial charge < -0.3 is 10.2 Å². The summed E-state index contributed by atoms with van der Waals surface area (Å²) in [6, 6.07) is 0. The molecular formula is C2H4F5O4P. The Morgan fingerprint density at radius 1 is 1.33 bits per heavy atom. The summed E-state index contributed by atoms with van der Waals surface area (Å²) >= 11 is 0. The Kier molecular flexibility index (Phi) is 5.60. The Bertz CT molecular complexity index is 151. The van der Waals surface area contributed by atoms with Crippen LogP contribution < -0.4 is 0 Å². The van der Waals surface area contributed by atoms with Crippen molar-refractivity contribution in [3.63, 3.8) is 0 Å². The summed E-state index contributed by atoms with van der Waals surface area (Å²) in [6.45, 7) is 0. The van der Waals surface area contributed by atoms with E-state index in [0.29, 0.717) is 0 Å². The first-order valence-corrected chi connectivity index (χ1v) is 3.53. The lowest BCUT2D eigenvalue weighted by atomic mass is 10.6. The van der Waals surface area contributed by atoms with E-state index in [9.17, 15) is 21.6 Å². The molecule has 0 aliphatic heterocycles. The molecule has 1 unspecified atom stereocenters. The second-order valence-corrected chi connectivity index (χ2v) is 2.23. The van der Waals surface area contributed by atoms with Crippen molar-refractivity contribution in [1.82, 2.24) is 0 Å². The topological polar surface area (TPSA) is 77.8 Å². The molecule has 0 fully saturated rings. The van der Waals surface area contributed by atoms with Gasteiger partial charge in [-0.25, -0.2) is 8.96 Å². The van der Waals surface area contributed by atoms with Crippen LogP contribution in [0.1, 0.15) is 0 Å². The molecule has 0 aromatic rings. The van der Waals surface area contributed by atoms with Crippen LogP contribution in [0.15, 0.2) is 0 Å². The molecule has 0 bridgehead atoms. The van der Waals surface area contributed by atoms with Crippen LogP contribution in [-0.2, 0) is 4.57 Å². The molecule has 12 heavy (non-hydrogen) atoms. The normalized spacial score (nSPS) is 14.7. The van der Waals surface area contributed by atoms with Crippen molar-refractivity contribution >= 4 is 7.99 Å². The Balaban J connectivity index is 0. The molecular weight excluding hydrogens is 214 g/mol. The van der Waals surface area contributed by atoms with Gasteiger partial charge >= 0.3 is 14.1 Å². The van der Waals surface area contributed by atoms with Crippen LogP contribution in [0.4, 0.5) is 21.6 Å². The Morgan fingerprint density at radius 3 is 1.42 bits per heavy atom. The molecule has 10 heteroatoms. The first kappa shape index (κ1) is 14.3. The van der Waals surface area contributed by atoms with Crippen molar-refractivity contribution in [2.75, 3.05) is 0 Å². The van der Waals surface area contributed by atoms with E-state index >= 15 is 0 Å². The molecule has 0 saturated carbocycles. The average Bonchev–Trinajstić information content (AvgIpc) is 1.55. The quantitative estimate of drug-likeness (QED) is 0.451. The predicted octanol–water partition coefficient (Wildman–Crippen LogP) is 0.885. The van der Waals surface area contributed by atoms with Gasteiger partial charge in [-0.1, -0.05) is 0 Å². The summed E-state index contributed by atoms with van der Waals surface area (Å²) in [4.78, 5) is 6.74. The van der Waals surface area contributed by atoms with Gasteiger partial charge in [0.2, 0.25) is 0 Å². The van der Waals surface area contributed by atoms with Crippen LogP contribution in [0, 0.1) is 0 Å². The number of hydrogen-bond donors (Lipinski definition) is 3. The first-order valence-electron chi connectivity index (χ1n) is 2.09. The van der Waals surface area contributed by atoms with E-state index < -0.39 is 20.5 Å². The second kappa shape index (κ2) is 4.70. The zero-order chi connectivity index (χ0) is 10.6. The van der Waals surface area contributed by atoms with Crippen LogP contribution in [0.2, 0.25) is 0 Å². The van der Waals surface area contributed by atoms with Crippen molar-refractivity contribution in [1.29, 1.82) is 0 Å². The van der Waals surface area contributed by atoms with Gasteiger partial charge in [0.1, 0.15) is 0 Å². The van der Waals surface area contributed by atoms with Gasteiger partial charge in [-0.3, -0.25) is 4.89 Å². The zero-order valence-corrected chi connectivity index (χ0v) is 6.06. The van der Waals surface area contributed by atoms with Gasteiger partial charge in [0.15, 0.2) is 0 Å². The van der Waals surface area contributed by atoms with E-state index in [-0.39, 0.29) is 0 Å². The fraction of sp³-hybridized carbons (Fsp3) is 1.00. The number of halogens is 5. The number of hydrogen-bond acceptors (Lipinski definition) is 3. The molecule has 0 heterocycles. The highest BCUT2D eigenvalue weighted by molar-refractivity contribution is 7.46. The van der Waals surface area contributed by atoms with Crippen molar-refractivity contribution < 1.29 is 41.2 Å². The van der Waals surface area contributed by atoms with Gasteiger partial charge in [-0.2, -0.15) is 8.78 Å². The van der Waals surface area contributed by atoms with Crippen molar-refractivity contribution in [3.8, 4) is 0 Å². The van der Waals surface area contributed by atoms with E-state index in [2.05, 4.69) is 0 Å². The monoisotopic (exact) mass is 218 g/mol. The molecule has 0 aromatic carbocycles. The van der Waals surface area contributed by atoms with Crippen LogP contribution in [0.3, 0.4) is 0 Å². The van der Waals surface area contributed by atoms with Crippen LogP contribution in [-0.4, -0.2) is 27.6 Å². The average molecular weight is 218 g/mol. The summed E-state index contributed by atoms with van der Waals surface area (Å²) in [5, 5.41) is 14.4. The maximum atomic E-state index is 10.8. The van der Waals surface area contributed by atoms with Crippen LogP contribution in [0.5, 0.6) is 0 Å². The Labute approximate surface area is 62.9 Å². The molecule has 0 aromatic heterocycles. The smallest absolute Gasteiger partial charge is 0.357 e. The summed E-state index contributed by atoms with van der Waals surface area (Å²) in [5.41, 5.74) is 0. The lowest BCUT2D eigenvalue weighted by molar-refractivity contribution is -0.293. The minimum atomic E-state index is -5.64. The van der Waals surface area contributed by atoms with Crippen molar-refractivity contribution in [2.24, 2.45) is 0 Å². The third-order valence-corrected chi connectivity index (χ3v) is 0.287. The first-order chi connectivity index (χ1) is 4.94. The molecule has 3 N–H and O–H groups in total. The molecule has 0 radical (unpaired) electrons. The fourth-order valence-electron chi connectivity index (χ4n) is 0. The molecule has 1 atom stereocenters. The zero-order valence-electron chi connectivity index (χ0n) is 5.16. The summed E-state index contributed by atoms with van der Waals surface area (Å²) < 4.78 is 61.0. The van der Waals surface area contributed by atoms with Gasteiger partial charge in [0.25, 0.3) is 6.36 Å².